The van der Waals surface area contributed by atoms with Crippen molar-refractivity contribution in [1.29, 1.82) is 0 Å². The fraction of sp³-hybridized carbons (Fsp3) is 0.444. The zero-order valence-corrected chi connectivity index (χ0v) is 14.4. The van der Waals surface area contributed by atoms with E-state index in [-0.39, 0.29) is 7.33 Å². The zero-order chi connectivity index (χ0) is 17.6. The molecule has 0 radical (unpaired) electrons. The van der Waals surface area contributed by atoms with E-state index in [0.717, 1.165) is 17.9 Å². The van der Waals surface area contributed by atoms with Crippen LogP contribution in [0.1, 0.15) is 33.8 Å². The number of fused-ring (bicyclic) bond motifs is 1. The van der Waals surface area contributed by atoms with E-state index < -0.39 is 5.60 Å². The first-order chi connectivity index (χ1) is 11.9. The van der Waals surface area contributed by atoms with E-state index in [1.165, 1.54) is 12.8 Å². The first-order valence-electron chi connectivity index (χ1n) is 8.51. The molecule has 2 N–H and O–H groups in total. The van der Waals surface area contributed by atoms with Gasteiger partial charge in [-0.2, -0.15) is 0 Å². The molecule has 1 aliphatic heterocycles. The predicted octanol–water partition coefficient (Wildman–Crippen LogP) is 2.18. The number of aromatic nitrogens is 3. The van der Waals surface area contributed by atoms with Gasteiger partial charge in [0, 0.05) is 19.7 Å². The lowest BCUT2D eigenvalue weighted by Crippen LogP contribution is -2.40. The molecular weight excluding hydrogens is 318 g/mol. The van der Waals surface area contributed by atoms with E-state index in [4.69, 9.17) is 4.98 Å². The Balaban J connectivity index is 0.00000196. The molecule has 0 unspecified atom stereocenters. The number of rotatable bonds is 4. The number of nitrogens with one attached hydrogen (secondary N) is 1. The zero-order valence-electron chi connectivity index (χ0n) is 14.4. The average Bonchev–Trinajstić information content (AvgIpc) is 3.38. The quantitative estimate of drug-likeness (QED) is 0.886. The van der Waals surface area contributed by atoms with Crippen LogP contribution in [0.25, 0.3) is 11.3 Å². The molecule has 1 aliphatic carbocycles. The molecule has 1 fully saturated rings. The van der Waals surface area contributed by atoms with Crippen LogP contribution in [0.2, 0.25) is 0 Å². The van der Waals surface area contributed by atoms with Crippen molar-refractivity contribution in [2.75, 3.05) is 23.3 Å². The van der Waals surface area contributed by atoms with Crippen molar-refractivity contribution in [1.82, 2.24) is 15.0 Å². The van der Waals surface area contributed by atoms with Gasteiger partial charge in [-0.05, 0) is 44.7 Å². The predicted molar refractivity (Wildman–Crippen MR) is 96.2 cm³/mol. The van der Waals surface area contributed by atoms with Crippen molar-refractivity contribution in [3.8, 4) is 11.3 Å². The van der Waals surface area contributed by atoms with Crippen LogP contribution in [0, 0.1) is 5.92 Å². The lowest BCUT2D eigenvalue weighted by atomic mass is 10.0. The van der Waals surface area contributed by atoms with Crippen LogP contribution in [0.5, 0.6) is 0 Å². The number of hydrogen-bond donors (Lipinski definition) is 2. The Morgan fingerprint density at radius 2 is 2.12 bits per heavy atom. The molecule has 0 saturated heterocycles. The van der Waals surface area contributed by atoms with Gasteiger partial charge in [-0.15, -0.1) is 0 Å². The van der Waals surface area contributed by atoms with E-state index in [1.807, 2.05) is 11.0 Å². The van der Waals surface area contributed by atoms with E-state index in [9.17, 15) is 9.90 Å². The second-order valence-electron chi connectivity index (χ2n) is 7.29. The molecule has 7 nitrogen and oxygen atoms in total. The van der Waals surface area contributed by atoms with E-state index >= 15 is 0 Å². The lowest BCUT2D eigenvalue weighted by molar-refractivity contribution is -0.115. The topological polar surface area (TPSA) is 91.2 Å². The van der Waals surface area contributed by atoms with Crippen molar-refractivity contribution < 1.29 is 11.3 Å². The summed E-state index contributed by atoms with van der Waals surface area (Å²) in [6.07, 6.45) is 5.75. The highest BCUT2D eigenvalue weighted by Crippen LogP contribution is 2.34. The number of pyridine rings is 1. The molecule has 0 bridgehead atoms. The summed E-state index contributed by atoms with van der Waals surface area (Å²) in [4.78, 5) is 27.3. The lowest BCUT2D eigenvalue weighted by Gasteiger charge is -2.29. The molecule has 0 aromatic carbocycles. The number of amides is 1. The molecule has 2 aromatic rings. The third-order valence-electron chi connectivity index (χ3n) is 4.51. The minimum absolute atomic E-state index is 0. The Hall–Kier alpha value is -2.54. The summed E-state index contributed by atoms with van der Waals surface area (Å²) in [7, 11) is 0. The highest BCUT2D eigenvalue weighted by molar-refractivity contribution is 5.99. The minimum atomic E-state index is -0.981. The molecule has 2 aliphatic rings. The first kappa shape index (κ1) is 16.0. The second kappa shape index (κ2) is 5.77. The maximum Gasteiger partial charge on any atom is 0.245 e. The molecule has 2 aromatic heterocycles. The van der Waals surface area contributed by atoms with Gasteiger partial charge in [-0.1, -0.05) is 0 Å². The van der Waals surface area contributed by atoms with Gasteiger partial charge < -0.3 is 15.3 Å². The maximum atomic E-state index is 11.9. The van der Waals surface area contributed by atoms with Crippen molar-refractivity contribution in [3.63, 3.8) is 0 Å². The summed E-state index contributed by atoms with van der Waals surface area (Å²) < 4.78 is 0. The molecule has 0 atom stereocenters. The number of carbonyl (C=O) groups excluding carboxylic acids is 1. The van der Waals surface area contributed by atoms with Gasteiger partial charge >= 0.3 is 0 Å². The Morgan fingerprint density at radius 3 is 2.76 bits per heavy atom. The molecule has 132 valence electrons. The van der Waals surface area contributed by atoms with Crippen molar-refractivity contribution >= 4 is 17.5 Å². The molecule has 3 heterocycles. The van der Waals surface area contributed by atoms with E-state index in [2.05, 4.69) is 15.3 Å². The first-order valence-corrected chi connectivity index (χ1v) is 8.51. The van der Waals surface area contributed by atoms with Gasteiger partial charge in [0.2, 0.25) is 5.91 Å². The SMILES string of the molecule is CC(C)(O)c1ccc(-c2cnc3c(n2)N(CC2CC2)CC(=O)N3)cn1.[HH]. The van der Waals surface area contributed by atoms with Gasteiger partial charge in [-0.3, -0.25) is 9.78 Å². The Kier molecular flexibility index (Phi) is 3.68. The number of aliphatic hydroxyl groups is 1. The van der Waals surface area contributed by atoms with E-state index in [0.29, 0.717) is 29.7 Å². The second-order valence-corrected chi connectivity index (χ2v) is 7.29. The van der Waals surface area contributed by atoms with Crippen LogP contribution in [-0.2, 0) is 10.4 Å². The van der Waals surface area contributed by atoms with Crippen LogP contribution >= 0.6 is 0 Å². The fourth-order valence-electron chi connectivity index (χ4n) is 2.92. The third kappa shape index (κ3) is 3.32. The minimum Gasteiger partial charge on any atom is -0.384 e. The van der Waals surface area contributed by atoms with Gasteiger partial charge in [0.25, 0.3) is 0 Å². The van der Waals surface area contributed by atoms with Gasteiger partial charge in [0.1, 0.15) is 5.60 Å². The summed E-state index contributed by atoms with van der Waals surface area (Å²) in [5, 5.41) is 12.8. The fourth-order valence-corrected chi connectivity index (χ4v) is 2.92. The number of hydrogen-bond acceptors (Lipinski definition) is 6. The summed E-state index contributed by atoms with van der Waals surface area (Å²) in [6.45, 7) is 4.56. The molecule has 0 spiro atoms. The molecule has 1 amide bonds. The Bertz CT molecular complexity index is 815. The summed E-state index contributed by atoms with van der Waals surface area (Å²) >= 11 is 0. The van der Waals surface area contributed by atoms with Crippen molar-refractivity contribution in [2.45, 2.75) is 32.3 Å². The number of nitrogens with zero attached hydrogens (tertiary/aromatic N) is 4. The standard InChI is InChI=1S/C18H21N5O2.H2/c1-18(2,25)14-6-5-12(7-19-14)13-8-20-16-17(21-13)23(9-11-3-4-11)10-15(24)22-16;/h5-8,11,25H,3-4,9-10H2,1-2H3,(H,20,22,24);1H. The Morgan fingerprint density at radius 1 is 1.32 bits per heavy atom. The smallest absolute Gasteiger partial charge is 0.245 e. The normalized spacial score (nSPS) is 17.2. The van der Waals surface area contributed by atoms with Crippen LogP contribution < -0.4 is 10.2 Å². The molecule has 7 heteroatoms. The average molecular weight is 341 g/mol. The van der Waals surface area contributed by atoms with Crippen LogP contribution in [0.3, 0.4) is 0 Å². The van der Waals surface area contributed by atoms with Crippen molar-refractivity contribution in [3.05, 3.63) is 30.2 Å². The van der Waals surface area contributed by atoms with Crippen LogP contribution in [0.4, 0.5) is 11.6 Å². The Labute approximate surface area is 147 Å². The monoisotopic (exact) mass is 341 g/mol. The number of anilines is 2. The van der Waals surface area contributed by atoms with Gasteiger partial charge in [0.05, 0.1) is 24.1 Å². The highest BCUT2D eigenvalue weighted by atomic mass is 16.3. The van der Waals surface area contributed by atoms with Crippen molar-refractivity contribution in [2.24, 2.45) is 5.92 Å². The van der Waals surface area contributed by atoms with E-state index in [1.54, 1.807) is 32.3 Å². The largest absolute Gasteiger partial charge is 0.384 e. The molecule has 25 heavy (non-hydrogen) atoms. The molecule has 4 rings (SSSR count). The summed E-state index contributed by atoms with van der Waals surface area (Å²) in [5.41, 5.74) is 1.15. The summed E-state index contributed by atoms with van der Waals surface area (Å²) in [6, 6.07) is 3.67. The summed E-state index contributed by atoms with van der Waals surface area (Å²) in [5.74, 6) is 1.83. The molecular formula is C18H23N5O2. The third-order valence-corrected chi connectivity index (χ3v) is 4.51. The highest BCUT2D eigenvalue weighted by Gasteiger charge is 2.31. The number of carbonyl (C=O) groups is 1. The van der Waals surface area contributed by atoms with Crippen LogP contribution in [0.15, 0.2) is 24.5 Å². The maximum absolute atomic E-state index is 11.9. The van der Waals surface area contributed by atoms with Crippen LogP contribution in [-0.4, -0.2) is 39.1 Å². The molecule has 1 saturated carbocycles. The van der Waals surface area contributed by atoms with Gasteiger partial charge in [0.15, 0.2) is 11.6 Å². The van der Waals surface area contributed by atoms with Gasteiger partial charge in [-0.25, -0.2) is 9.97 Å².